The lowest BCUT2D eigenvalue weighted by molar-refractivity contribution is 0.101. The van der Waals surface area contributed by atoms with Crippen molar-refractivity contribution in [2.45, 2.75) is 0 Å². The van der Waals surface area contributed by atoms with E-state index in [9.17, 15) is 9.59 Å². The second kappa shape index (κ2) is 8.67. The molecule has 3 aromatic rings. The van der Waals surface area contributed by atoms with E-state index in [-0.39, 0.29) is 11.4 Å². The summed E-state index contributed by atoms with van der Waals surface area (Å²) in [5, 5.41) is 14.4. The molecule has 144 valence electrons. The minimum atomic E-state index is -0.468. The van der Waals surface area contributed by atoms with Crippen LogP contribution >= 0.6 is 0 Å². The molecule has 1 heterocycles. The second-order valence-electron chi connectivity index (χ2n) is 6.45. The number of aromatic nitrogens is 1. The smallest absolute Gasteiger partial charge is 0.274 e. The molecule has 1 aromatic heterocycles. The molecular formula is C22H19N5O2. The fourth-order valence-corrected chi connectivity index (χ4v) is 2.59. The minimum Gasteiger partial charge on any atom is -0.378 e. The molecule has 2 aromatic carbocycles. The van der Waals surface area contributed by atoms with Crippen LogP contribution in [0.2, 0.25) is 0 Å². The molecule has 7 nitrogen and oxygen atoms in total. The molecule has 7 heteroatoms. The number of rotatable bonds is 5. The Morgan fingerprint density at radius 3 is 2.03 bits per heavy atom. The lowest BCUT2D eigenvalue weighted by atomic mass is 10.2. The summed E-state index contributed by atoms with van der Waals surface area (Å²) in [5.74, 6) is -0.881. The Labute approximate surface area is 168 Å². The number of carbonyl (C=O) groups is 2. The molecule has 0 atom stereocenters. The van der Waals surface area contributed by atoms with E-state index in [2.05, 4.69) is 15.6 Å². The number of nitriles is 1. The maximum atomic E-state index is 12.5. The molecule has 0 bridgehead atoms. The van der Waals surface area contributed by atoms with Crippen LogP contribution in [0, 0.1) is 11.3 Å². The monoisotopic (exact) mass is 385 g/mol. The van der Waals surface area contributed by atoms with E-state index >= 15 is 0 Å². The average molecular weight is 385 g/mol. The van der Waals surface area contributed by atoms with Gasteiger partial charge in [0.05, 0.1) is 11.6 Å². The lowest BCUT2D eigenvalue weighted by Gasteiger charge is -2.13. The van der Waals surface area contributed by atoms with Crippen LogP contribution in [0.5, 0.6) is 0 Å². The van der Waals surface area contributed by atoms with Crippen molar-refractivity contribution in [2.24, 2.45) is 0 Å². The Bertz CT molecular complexity index is 1080. The fraction of sp³-hybridized carbons (Fsp3) is 0.0909. The van der Waals surface area contributed by atoms with E-state index in [1.807, 2.05) is 37.2 Å². The van der Waals surface area contributed by atoms with Gasteiger partial charge >= 0.3 is 0 Å². The standard InChI is InChI=1S/C22H19N5O2/c1-27(2)18-11-9-16(10-12-18)24-21(28)19-7-4-8-20(26-19)22(29)25-17-6-3-5-15(13-17)14-23/h3-13H,1-2H3,(H,24,28)(H,25,29). The summed E-state index contributed by atoms with van der Waals surface area (Å²) < 4.78 is 0. The third kappa shape index (κ3) is 4.96. The van der Waals surface area contributed by atoms with E-state index in [0.717, 1.165) is 5.69 Å². The maximum Gasteiger partial charge on any atom is 0.274 e. The molecule has 0 radical (unpaired) electrons. The molecule has 0 unspecified atom stereocenters. The number of carbonyl (C=O) groups excluding carboxylic acids is 2. The molecule has 0 spiro atoms. The number of nitrogens with one attached hydrogen (secondary N) is 2. The summed E-state index contributed by atoms with van der Waals surface area (Å²) in [4.78, 5) is 31.1. The van der Waals surface area contributed by atoms with Crippen LogP contribution in [0.4, 0.5) is 17.1 Å². The average Bonchev–Trinajstić information content (AvgIpc) is 2.74. The van der Waals surface area contributed by atoms with Gasteiger partial charge in [-0.25, -0.2) is 4.98 Å². The number of hydrogen-bond acceptors (Lipinski definition) is 5. The molecule has 2 amide bonds. The zero-order chi connectivity index (χ0) is 20.8. The van der Waals surface area contributed by atoms with Crippen LogP contribution in [0.15, 0.2) is 66.7 Å². The number of hydrogen-bond donors (Lipinski definition) is 2. The van der Waals surface area contributed by atoms with E-state index in [0.29, 0.717) is 16.9 Å². The number of benzene rings is 2. The Morgan fingerprint density at radius 1 is 0.862 bits per heavy atom. The van der Waals surface area contributed by atoms with Gasteiger partial charge in [-0.1, -0.05) is 12.1 Å². The maximum absolute atomic E-state index is 12.5. The summed E-state index contributed by atoms with van der Waals surface area (Å²) in [6, 6.07) is 20.6. The summed E-state index contributed by atoms with van der Waals surface area (Å²) in [6.07, 6.45) is 0. The van der Waals surface area contributed by atoms with E-state index in [1.165, 1.54) is 12.1 Å². The normalized spacial score (nSPS) is 9.97. The van der Waals surface area contributed by atoms with Gasteiger partial charge in [-0.3, -0.25) is 9.59 Å². The molecule has 3 rings (SSSR count). The Morgan fingerprint density at radius 2 is 1.45 bits per heavy atom. The van der Waals surface area contributed by atoms with Gasteiger partial charge in [0.25, 0.3) is 11.8 Å². The number of pyridine rings is 1. The summed E-state index contributed by atoms with van der Waals surface area (Å²) in [7, 11) is 3.87. The third-order valence-corrected chi connectivity index (χ3v) is 4.11. The first-order valence-corrected chi connectivity index (χ1v) is 8.83. The van der Waals surface area contributed by atoms with Crippen molar-refractivity contribution in [3.05, 3.63) is 83.7 Å². The van der Waals surface area contributed by atoms with E-state index in [1.54, 1.807) is 42.5 Å². The quantitative estimate of drug-likeness (QED) is 0.700. The minimum absolute atomic E-state index is 0.1000. The second-order valence-corrected chi connectivity index (χ2v) is 6.45. The molecular weight excluding hydrogens is 366 g/mol. The molecule has 2 N–H and O–H groups in total. The molecule has 0 saturated heterocycles. The van der Waals surface area contributed by atoms with Crippen molar-refractivity contribution in [2.75, 3.05) is 29.6 Å². The summed E-state index contributed by atoms with van der Waals surface area (Å²) in [6.45, 7) is 0. The van der Waals surface area contributed by atoms with Gasteiger partial charge in [0.15, 0.2) is 0 Å². The molecule has 0 aliphatic heterocycles. The predicted octanol–water partition coefficient (Wildman–Crippen LogP) is 3.52. The van der Waals surface area contributed by atoms with Crippen molar-refractivity contribution >= 4 is 28.9 Å². The highest BCUT2D eigenvalue weighted by atomic mass is 16.2. The third-order valence-electron chi connectivity index (χ3n) is 4.11. The highest BCUT2D eigenvalue weighted by Crippen LogP contribution is 2.16. The van der Waals surface area contributed by atoms with Gasteiger partial charge in [-0.05, 0) is 54.6 Å². The van der Waals surface area contributed by atoms with Gasteiger partial charge in [-0.2, -0.15) is 5.26 Å². The highest BCUT2D eigenvalue weighted by molar-refractivity contribution is 6.06. The van der Waals surface area contributed by atoms with Crippen molar-refractivity contribution in [1.82, 2.24) is 4.98 Å². The number of nitrogens with zero attached hydrogens (tertiary/aromatic N) is 3. The van der Waals surface area contributed by atoms with Gasteiger partial charge < -0.3 is 15.5 Å². The first-order chi connectivity index (χ1) is 14.0. The van der Waals surface area contributed by atoms with E-state index < -0.39 is 11.8 Å². The van der Waals surface area contributed by atoms with Crippen molar-refractivity contribution < 1.29 is 9.59 Å². The van der Waals surface area contributed by atoms with Crippen LogP contribution in [0.25, 0.3) is 0 Å². The molecule has 0 aliphatic rings. The lowest BCUT2D eigenvalue weighted by Crippen LogP contribution is -2.18. The molecule has 29 heavy (non-hydrogen) atoms. The summed E-state index contributed by atoms with van der Waals surface area (Å²) in [5.41, 5.74) is 2.78. The van der Waals surface area contributed by atoms with Crippen molar-refractivity contribution in [1.29, 1.82) is 5.26 Å². The molecule has 0 saturated carbocycles. The van der Waals surface area contributed by atoms with Crippen LogP contribution < -0.4 is 15.5 Å². The zero-order valence-corrected chi connectivity index (χ0v) is 16.0. The Balaban J connectivity index is 1.71. The molecule has 0 aliphatic carbocycles. The number of anilines is 3. The topological polar surface area (TPSA) is 98.1 Å². The van der Waals surface area contributed by atoms with Gasteiger partial charge in [0.2, 0.25) is 0 Å². The zero-order valence-electron chi connectivity index (χ0n) is 16.0. The fourth-order valence-electron chi connectivity index (χ4n) is 2.59. The van der Waals surface area contributed by atoms with E-state index in [4.69, 9.17) is 5.26 Å². The van der Waals surface area contributed by atoms with Crippen molar-refractivity contribution in [3.8, 4) is 6.07 Å². The van der Waals surface area contributed by atoms with Gasteiger partial charge in [0.1, 0.15) is 11.4 Å². The van der Waals surface area contributed by atoms with Crippen LogP contribution in [-0.4, -0.2) is 30.9 Å². The largest absolute Gasteiger partial charge is 0.378 e. The highest BCUT2D eigenvalue weighted by Gasteiger charge is 2.13. The Hall–Kier alpha value is -4.18. The van der Waals surface area contributed by atoms with Crippen LogP contribution in [0.1, 0.15) is 26.5 Å². The SMILES string of the molecule is CN(C)c1ccc(NC(=O)c2cccc(C(=O)Nc3cccc(C#N)c3)n2)cc1. The van der Waals surface area contributed by atoms with Gasteiger partial charge in [-0.15, -0.1) is 0 Å². The first kappa shape index (κ1) is 19.6. The summed E-state index contributed by atoms with van der Waals surface area (Å²) >= 11 is 0. The molecule has 0 fully saturated rings. The van der Waals surface area contributed by atoms with Crippen molar-refractivity contribution in [3.63, 3.8) is 0 Å². The Kier molecular flexibility index (Phi) is 5.85. The van der Waals surface area contributed by atoms with Gasteiger partial charge in [0, 0.05) is 31.2 Å². The number of amides is 2. The predicted molar refractivity (Wildman–Crippen MR) is 112 cm³/mol. The first-order valence-electron chi connectivity index (χ1n) is 8.83. The van der Waals surface area contributed by atoms with Crippen LogP contribution in [0.3, 0.4) is 0 Å². The van der Waals surface area contributed by atoms with Crippen LogP contribution in [-0.2, 0) is 0 Å².